The molecule has 0 aliphatic carbocycles. The third-order valence-corrected chi connectivity index (χ3v) is 5.42. The van der Waals surface area contributed by atoms with Crippen molar-refractivity contribution in [3.8, 4) is 6.07 Å². The number of amides is 1. The van der Waals surface area contributed by atoms with Crippen LogP contribution >= 0.6 is 0 Å². The van der Waals surface area contributed by atoms with Crippen molar-refractivity contribution in [1.82, 2.24) is 9.88 Å². The van der Waals surface area contributed by atoms with Crippen LogP contribution in [0.15, 0.2) is 42.6 Å². The van der Waals surface area contributed by atoms with E-state index in [4.69, 9.17) is 0 Å². The standard InChI is InChI=1S/C23H21F2N5O/c1-15-10-17(24)11-18-22(15)27-13-16(12-26)23(18)30-8-6-29(7-9-30)14-21(31)28-20-5-3-2-4-19(20)25/h2-5,10-11,13H,6-9,14H2,1H3,(H,28,31). The highest BCUT2D eigenvalue weighted by molar-refractivity contribution is 5.96. The van der Waals surface area contributed by atoms with Crippen LogP contribution in [0.2, 0.25) is 0 Å². The number of rotatable bonds is 4. The zero-order chi connectivity index (χ0) is 22.0. The van der Waals surface area contributed by atoms with Gasteiger partial charge in [-0.3, -0.25) is 14.7 Å². The molecule has 31 heavy (non-hydrogen) atoms. The normalized spacial score (nSPS) is 14.5. The number of anilines is 2. The first kappa shape index (κ1) is 20.7. The van der Waals surface area contributed by atoms with Gasteiger partial charge in [0.25, 0.3) is 0 Å². The molecule has 0 spiro atoms. The average molecular weight is 421 g/mol. The molecule has 1 saturated heterocycles. The zero-order valence-electron chi connectivity index (χ0n) is 17.0. The Morgan fingerprint density at radius 2 is 1.94 bits per heavy atom. The van der Waals surface area contributed by atoms with E-state index in [-0.39, 0.29) is 24.0 Å². The Morgan fingerprint density at radius 3 is 2.65 bits per heavy atom. The first-order valence-electron chi connectivity index (χ1n) is 9.97. The summed E-state index contributed by atoms with van der Waals surface area (Å²) in [5, 5.41) is 12.8. The number of pyridine rings is 1. The van der Waals surface area contributed by atoms with Gasteiger partial charge in [-0.1, -0.05) is 12.1 Å². The smallest absolute Gasteiger partial charge is 0.238 e. The minimum Gasteiger partial charge on any atom is -0.367 e. The fraction of sp³-hybridized carbons (Fsp3) is 0.261. The van der Waals surface area contributed by atoms with Crippen LogP contribution in [-0.2, 0) is 4.79 Å². The van der Waals surface area contributed by atoms with Crippen molar-refractivity contribution >= 4 is 28.2 Å². The molecule has 6 nitrogen and oxygen atoms in total. The van der Waals surface area contributed by atoms with Crippen LogP contribution in [0.4, 0.5) is 20.2 Å². The molecular weight excluding hydrogens is 400 g/mol. The van der Waals surface area contributed by atoms with Crippen molar-refractivity contribution in [3.63, 3.8) is 0 Å². The quantitative estimate of drug-likeness (QED) is 0.699. The lowest BCUT2D eigenvalue weighted by Crippen LogP contribution is -2.49. The van der Waals surface area contributed by atoms with Gasteiger partial charge >= 0.3 is 0 Å². The van der Waals surface area contributed by atoms with Crippen LogP contribution in [-0.4, -0.2) is 48.5 Å². The van der Waals surface area contributed by atoms with Crippen LogP contribution in [0.25, 0.3) is 10.9 Å². The number of halogens is 2. The van der Waals surface area contributed by atoms with Gasteiger partial charge in [0.15, 0.2) is 0 Å². The molecule has 0 atom stereocenters. The van der Waals surface area contributed by atoms with E-state index >= 15 is 0 Å². The van der Waals surface area contributed by atoms with E-state index in [9.17, 15) is 18.8 Å². The first-order chi connectivity index (χ1) is 15.0. The molecule has 0 saturated carbocycles. The van der Waals surface area contributed by atoms with E-state index in [0.29, 0.717) is 53.9 Å². The zero-order valence-corrected chi connectivity index (χ0v) is 17.0. The van der Waals surface area contributed by atoms with Gasteiger partial charge in [0.2, 0.25) is 5.91 Å². The maximum atomic E-state index is 14.1. The van der Waals surface area contributed by atoms with Gasteiger partial charge in [-0.2, -0.15) is 5.26 Å². The largest absolute Gasteiger partial charge is 0.367 e. The minimum absolute atomic E-state index is 0.137. The van der Waals surface area contributed by atoms with Crippen LogP contribution in [0, 0.1) is 29.9 Å². The minimum atomic E-state index is -0.475. The molecule has 1 aromatic heterocycles. The van der Waals surface area contributed by atoms with Crippen molar-refractivity contribution < 1.29 is 13.6 Å². The number of aromatic nitrogens is 1. The molecule has 3 aromatic rings. The number of carbonyl (C=O) groups is 1. The van der Waals surface area contributed by atoms with Crippen molar-refractivity contribution in [1.29, 1.82) is 5.26 Å². The topological polar surface area (TPSA) is 72.3 Å². The summed E-state index contributed by atoms with van der Waals surface area (Å²) >= 11 is 0. The summed E-state index contributed by atoms with van der Waals surface area (Å²) in [7, 11) is 0. The number of nitrogens with zero attached hydrogens (tertiary/aromatic N) is 4. The number of para-hydroxylation sites is 1. The number of carbonyl (C=O) groups excluding carboxylic acids is 1. The van der Waals surface area contributed by atoms with Gasteiger partial charge in [-0.15, -0.1) is 0 Å². The molecule has 0 radical (unpaired) electrons. The summed E-state index contributed by atoms with van der Waals surface area (Å²) in [5.41, 5.74) is 2.60. The molecule has 2 heterocycles. The molecule has 2 aromatic carbocycles. The second-order valence-electron chi connectivity index (χ2n) is 7.54. The van der Waals surface area contributed by atoms with Gasteiger partial charge in [0.1, 0.15) is 17.7 Å². The monoisotopic (exact) mass is 421 g/mol. The fourth-order valence-corrected chi connectivity index (χ4v) is 3.93. The predicted molar refractivity (Wildman–Crippen MR) is 115 cm³/mol. The summed E-state index contributed by atoms with van der Waals surface area (Å²) in [6, 6.07) is 11.0. The van der Waals surface area contributed by atoms with Crippen molar-refractivity contribution in [2.45, 2.75) is 6.92 Å². The number of piperazine rings is 1. The van der Waals surface area contributed by atoms with E-state index in [2.05, 4.69) is 16.4 Å². The SMILES string of the molecule is Cc1cc(F)cc2c(N3CCN(CC(=O)Nc4ccccc4F)CC3)c(C#N)cnc12. The number of nitriles is 1. The number of hydrogen-bond acceptors (Lipinski definition) is 5. The van der Waals surface area contributed by atoms with E-state index < -0.39 is 5.82 Å². The predicted octanol–water partition coefficient (Wildman–Crippen LogP) is 3.45. The average Bonchev–Trinajstić information content (AvgIpc) is 2.75. The summed E-state index contributed by atoms with van der Waals surface area (Å²) in [4.78, 5) is 20.6. The maximum absolute atomic E-state index is 14.1. The molecular formula is C23H21F2N5O. The second kappa shape index (κ2) is 8.66. The Morgan fingerprint density at radius 1 is 1.19 bits per heavy atom. The maximum Gasteiger partial charge on any atom is 0.238 e. The van der Waals surface area contributed by atoms with Crippen LogP contribution in [0.3, 0.4) is 0 Å². The van der Waals surface area contributed by atoms with Crippen molar-refractivity contribution in [2.24, 2.45) is 0 Å². The Bertz CT molecular complexity index is 1180. The molecule has 8 heteroatoms. The van der Waals surface area contributed by atoms with Gasteiger partial charge in [0.05, 0.1) is 29.0 Å². The third-order valence-electron chi connectivity index (χ3n) is 5.42. The molecule has 0 bridgehead atoms. The van der Waals surface area contributed by atoms with E-state index in [1.165, 1.54) is 30.5 Å². The number of hydrogen-bond donors (Lipinski definition) is 1. The molecule has 4 rings (SSSR count). The van der Waals surface area contributed by atoms with Crippen LogP contribution in [0.5, 0.6) is 0 Å². The van der Waals surface area contributed by atoms with Gasteiger partial charge in [0, 0.05) is 37.8 Å². The third kappa shape index (κ3) is 4.32. The second-order valence-corrected chi connectivity index (χ2v) is 7.54. The number of nitrogens with one attached hydrogen (secondary N) is 1. The Kier molecular flexibility index (Phi) is 5.78. The molecule has 1 fully saturated rings. The molecule has 0 unspecified atom stereocenters. The van der Waals surface area contributed by atoms with Gasteiger partial charge in [-0.25, -0.2) is 8.78 Å². The highest BCUT2D eigenvalue weighted by Crippen LogP contribution is 2.32. The summed E-state index contributed by atoms with van der Waals surface area (Å²) in [6.07, 6.45) is 1.52. The highest BCUT2D eigenvalue weighted by Gasteiger charge is 2.24. The molecule has 1 aliphatic heterocycles. The lowest BCUT2D eigenvalue weighted by atomic mass is 10.0. The number of fused-ring (bicyclic) bond motifs is 1. The fourth-order valence-electron chi connectivity index (χ4n) is 3.93. The molecule has 1 amide bonds. The Balaban J connectivity index is 1.48. The van der Waals surface area contributed by atoms with Gasteiger partial charge in [-0.05, 0) is 36.8 Å². The molecule has 158 valence electrons. The summed E-state index contributed by atoms with van der Waals surface area (Å²) in [5.74, 6) is -1.13. The van der Waals surface area contributed by atoms with E-state index in [1.54, 1.807) is 19.1 Å². The van der Waals surface area contributed by atoms with Crippen molar-refractivity contribution in [2.75, 3.05) is 42.9 Å². The van der Waals surface area contributed by atoms with Crippen LogP contribution < -0.4 is 10.2 Å². The highest BCUT2D eigenvalue weighted by atomic mass is 19.1. The first-order valence-corrected chi connectivity index (χ1v) is 9.97. The Hall–Kier alpha value is -3.57. The number of benzene rings is 2. The van der Waals surface area contributed by atoms with E-state index in [0.717, 1.165) is 0 Å². The van der Waals surface area contributed by atoms with Gasteiger partial charge < -0.3 is 10.2 Å². The molecule has 1 N–H and O–H groups in total. The lowest BCUT2D eigenvalue weighted by molar-refractivity contribution is -0.117. The van der Waals surface area contributed by atoms with Crippen LogP contribution in [0.1, 0.15) is 11.1 Å². The summed E-state index contributed by atoms with van der Waals surface area (Å²) < 4.78 is 27.8. The van der Waals surface area contributed by atoms with E-state index in [1.807, 2.05) is 9.80 Å². The van der Waals surface area contributed by atoms with Crippen molar-refractivity contribution in [3.05, 3.63) is 65.4 Å². The lowest BCUT2D eigenvalue weighted by Gasteiger charge is -2.36. The number of aryl methyl sites for hydroxylation is 1. The summed E-state index contributed by atoms with van der Waals surface area (Å²) in [6.45, 7) is 4.21. The Labute approximate surface area is 178 Å². The molecule has 1 aliphatic rings.